The predicted octanol–water partition coefficient (Wildman–Crippen LogP) is 7.62. The van der Waals surface area contributed by atoms with Crippen molar-refractivity contribution in [3.63, 3.8) is 0 Å². The predicted molar refractivity (Wildman–Crippen MR) is 145 cm³/mol. The molecule has 6 rings (SSSR count). The van der Waals surface area contributed by atoms with Gasteiger partial charge in [0.15, 0.2) is 0 Å². The van der Waals surface area contributed by atoms with Gasteiger partial charge in [0.25, 0.3) is 0 Å². The summed E-state index contributed by atoms with van der Waals surface area (Å²) in [5.41, 5.74) is 1.19. The highest BCUT2D eigenvalue weighted by Crippen LogP contribution is 2.71. The van der Waals surface area contributed by atoms with Crippen LogP contribution in [0.4, 0.5) is 0 Å². The Bertz CT molecular complexity index is 658. The van der Waals surface area contributed by atoms with Crippen molar-refractivity contribution in [3.8, 4) is 0 Å². The van der Waals surface area contributed by atoms with Gasteiger partial charge in [0.1, 0.15) is 5.72 Å². The Labute approximate surface area is 212 Å². The van der Waals surface area contributed by atoms with E-state index < -0.39 is 0 Å². The van der Waals surface area contributed by atoms with Gasteiger partial charge in [-0.2, -0.15) is 0 Å². The Hall–Kier alpha value is -0.120. The number of rotatable bonds is 0. The van der Waals surface area contributed by atoms with Crippen LogP contribution in [0.25, 0.3) is 0 Å². The number of piperidine rings is 1. The van der Waals surface area contributed by atoms with Crippen molar-refractivity contribution in [2.45, 2.75) is 138 Å². The van der Waals surface area contributed by atoms with Gasteiger partial charge in [-0.25, -0.2) is 0 Å². The van der Waals surface area contributed by atoms with Crippen LogP contribution < -0.4 is 5.32 Å². The molecule has 3 heteroatoms. The van der Waals surface area contributed by atoms with Crippen LogP contribution in [-0.2, 0) is 4.74 Å². The molecule has 6 fully saturated rings. The number of nitrogens with one attached hydrogen (secondary N) is 1. The molecule has 2 heterocycles. The third-order valence-electron chi connectivity index (χ3n) is 12.1. The molecular formula is C31H59NO2. The van der Waals surface area contributed by atoms with Gasteiger partial charge in [0, 0.05) is 12.5 Å². The third kappa shape index (κ3) is 4.12. The molecule has 0 aromatic carbocycles. The Morgan fingerprint density at radius 1 is 0.765 bits per heavy atom. The summed E-state index contributed by atoms with van der Waals surface area (Å²) in [5, 5.41) is 3.91. The van der Waals surface area contributed by atoms with Gasteiger partial charge < -0.3 is 10.2 Å². The van der Waals surface area contributed by atoms with Gasteiger partial charge in [-0.1, -0.05) is 68.2 Å². The molecule has 2 aliphatic heterocycles. The summed E-state index contributed by atoms with van der Waals surface area (Å²) >= 11 is 0. The summed E-state index contributed by atoms with van der Waals surface area (Å²) in [7, 11) is 0. The third-order valence-corrected chi connectivity index (χ3v) is 12.1. The van der Waals surface area contributed by atoms with Crippen LogP contribution in [0.5, 0.6) is 0 Å². The van der Waals surface area contributed by atoms with Crippen LogP contribution in [0, 0.1) is 52.3 Å². The molecule has 11 atom stereocenters. The van der Waals surface area contributed by atoms with E-state index in [9.17, 15) is 0 Å². The monoisotopic (exact) mass is 477 g/mol. The molecule has 200 valence electrons. The molecular weight excluding hydrogens is 418 g/mol. The van der Waals surface area contributed by atoms with Crippen LogP contribution in [0.15, 0.2) is 0 Å². The molecule has 0 bridgehead atoms. The fourth-order valence-electron chi connectivity index (χ4n) is 10.5. The van der Waals surface area contributed by atoms with Crippen LogP contribution in [0.2, 0.25) is 0 Å². The highest BCUT2D eigenvalue weighted by molar-refractivity contribution is 5.16. The van der Waals surface area contributed by atoms with E-state index in [1.807, 2.05) is 27.7 Å². The first-order chi connectivity index (χ1) is 15.9. The molecule has 0 aromatic heterocycles. The van der Waals surface area contributed by atoms with Crippen LogP contribution in [-0.4, -0.2) is 23.8 Å². The summed E-state index contributed by atoms with van der Waals surface area (Å²) in [5.74, 6) is 6.23. The fraction of sp³-hybridized carbons (Fsp3) is 1.00. The second kappa shape index (κ2) is 10.7. The van der Waals surface area contributed by atoms with Crippen molar-refractivity contribution in [2.24, 2.45) is 52.3 Å². The maximum atomic E-state index is 7.03. The van der Waals surface area contributed by atoms with E-state index in [0.717, 1.165) is 42.1 Å². The lowest BCUT2D eigenvalue weighted by atomic mass is 9.44. The Kier molecular flexibility index (Phi) is 8.96. The van der Waals surface area contributed by atoms with Gasteiger partial charge in [0.05, 0.1) is 6.10 Å². The number of hydrogen-bond acceptors (Lipinski definition) is 2. The van der Waals surface area contributed by atoms with Gasteiger partial charge in [0.2, 0.25) is 0 Å². The van der Waals surface area contributed by atoms with E-state index in [1.165, 1.54) is 70.6 Å². The zero-order valence-electron chi connectivity index (χ0n) is 24.0. The first-order valence-electron chi connectivity index (χ1n) is 15.3. The Morgan fingerprint density at radius 3 is 2.18 bits per heavy atom. The highest BCUT2D eigenvalue weighted by atomic mass is 16.5. The van der Waals surface area contributed by atoms with Crippen molar-refractivity contribution < 1.29 is 10.2 Å². The largest absolute Gasteiger partial charge is 0.412 e. The minimum absolute atomic E-state index is 0. The quantitative estimate of drug-likeness (QED) is 0.390. The van der Waals surface area contributed by atoms with Crippen LogP contribution in [0.3, 0.4) is 0 Å². The summed E-state index contributed by atoms with van der Waals surface area (Å²) in [6.45, 7) is 19.5. The molecule has 0 radical (unpaired) electrons. The SMILES string of the molecule is CC.CC.CC1[C@H]2[C@H](C[C@H]3C4CCC5CCCC[C@]5(C)[C@H]4CC[C@@]32C)OC12CC[C@H](C)CN2.O. The summed E-state index contributed by atoms with van der Waals surface area (Å²) in [4.78, 5) is 0. The second-order valence-electron chi connectivity index (χ2n) is 13.1. The normalized spacial score (nSPS) is 52.9. The molecule has 34 heavy (non-hydrogen) atoms. The molecule has 3 N–H and O–H groups in total. The van der Waals surface area contributed by atoms with Crippen molar-refractivity contribution >= 4 is 0 Å². The molecule has 4 aliphatic carbocycles. The smallest absolute Gasteiger partial charge is 0.122 e. The number of ether oxygens (including phenoxy) is 1. The van der Waals surface area contributed by atoms with Gasteiger partial charge >= 0.3 is 0 Å². The fourth-order valence-corrected chi connectivity index (χ4v) is 10.5. The highest BCUT2D eigenvalue weighted by Gasteiger charge is 2.68. The molecule has 4 unspecified atom stereocenters. The maximum absolute atomic E-state index is 7.03. The van der Waals surface area contributed by atoms with Gasteiger partial charge in [-0.05, 0) is 104 Å². The van der Waals surface area contributed by atoms with Crippen molar-refractivity contribution in [1.82, 2.24) is 5.32 Å². The average Bonchev–Trinajstić information content (AvgIpc) is 3.28. The first-order valence-corrected chi connectivity index (χ1v) is 15.3. The molecule has 0 aromatic rings. The van der Waals surface area contributed by atoms with E-state index in [4.69, 9.17) is 4.74 Å². The molecule has 2 saturated heterocycles. The van der Waals surface area contributed by atoms with Crippen molar-refractivity contribution in [1.29, 1.82) is 0 Å². The standard InChI is InChI=1S/C27H45NO.2C2H6.H2O/c1-17-10-14-27(28-16-17)18(2)24-23(29-27)15-22-20-9-8-19-7-5-6-12-25(19,3)21(20)11-13-26(22,24)4;2*1-2;/h17-24,28H,5-16H2,1-4H3;2*1-2H3;1H2/t17-,18?,19?,20?,21-,22-,23-,24-,25-,26-,27?;;;/m0.../s1. The first kappa shape index (κ1) is 28.5. The molecule has 1 spiro atoms. The lowest BCUT2D eigenvalue weighted by molar-refractivity contribution is -0.132. The number of hydrogen-bond donors (Lipinski definition) is 1. The van der Waals surface area contributed by atoms with Crippen molar-refractivity contribution in [3.05, 3.63) is 0 Å². The minimum Gasteiger partial charge on any atom is -0.412 e. The summed E-state index contributed by atoms with van der Waals surface area (Å²) in [6, 6.07) is 0. The van der Waals surface area contributed by atoms with E-state index in [0.29, 0.717) is 22.9 Å². The van der Waals surface area contributed by atoms with Crippen LogP contribution >= 0.6 is 0 Å². The zero-order valence-corrected chi connectivity index (χ0v) is 24.0. The van der Waals surface area contributed by atoms with E-state index >= 15 is 0 Å². The van der Waals surface area contributed by atoms with Crippen LogP contribution in [0.1, 0.15) is 126 Å². The Morgan fingerprint density at radius 2 is 1.50 bits per heavy atom. The minimum atomic E-state index is -0.000316. The molecule has 6 aliphatic rings. The van der Waals surface area contributed by atoms with E-state index in [-0.39, 0.29) is 11.2 Å². The zero-order chi connectivity index (χ0) is 24.0. The van der Waals surface area contributed by atoms with Crippen molar-refractivity contribution in [2.75, 3.05) is 6.54 Å². The maximum Gasteiger partial charge on any atom is 0.122 e. The lowest BCUT2D eigenvalue weighted by Gasteiger charge is -2.61. The van der Waals surface area contributed by atoms with Gasteiger partial charge in [-0.3, -0.25) is 5.32 Å². The number of fused-ring (bicyclic) bond motifs is 7. The molecule has 4 saturated carbocycles. The Balaban J connectivity index is 0.000000618. The molecule has 3 nitrogen and oxygen atoms in total. The molecule has 0 amide bonds. The lowest BCUT2D eigenvalue weighted by Crippen LogP contribution is -2.57. The van der Waals surface area contributed by atoms with E-state index in [1.54, 1.807) is 0 Å². The summed E-state index contributed by atoms with van der Waals surface area (Å²) < 4.78 is 7.03. The summed E-state index contributed by atoms with van der Waals surface area (Å²) in [6.07, 6.45) is 16.5. The average molecular weight is 478 g/mol. The topological polar surface area (TPSA) is 52.8 Å². The van der Waals surface area contributed by atoms with E-state index in [2.05, 4.69) is 33.0 Å². The second-order valence-corrected chi connectivity index (χ2v) is 13.1. The van der Waals surface area contributed by atoms with Gasteiger partial charge in [-0.15, -0.1) is 0 Å².